The second kappa shape index (κ2) is 5.27. The third-order valence-electron chi connectivity index (χ3n) is 2.74. The van der Waals surface area contributed by atoms with Gasteiger partial charge in [0.15, 0.2) is 0 Å². The van der Waals surface area contributed by atoms with Gasteiger partial charge in [-0.1, -0.05) is 17.8 Å². The summed E-state index contributed by atoms with van der Waals surface area (Å²) in [5.41, 5.74) is 1.28. The Kier molecular flexibility index (Phi) is 3.32. The van der Waals surface area contributed by atoms with Crippen LogP contribution in [0.15, 0.2) is 58.7 Å². The first-order valence-corrected chi connectivity index (χ1v) is 6.66. The number of nitrogens with zero attached hydrogens (tertiary/aromatic N) is 3. The van der Waals surface area contributed by atoms with Gasteiger partial charge in [-0.3, -0.25) is 0 Å². The minimum Gasteiger partial charge on any atom is -0.236 e. The Morgan fingerprint density at radius 2 is 2.00 bits per heavy atom. The monoisotopic (exact) mass is 281 g/mol. The predicted molar refractivity (Wildman–Crippen MR) is 74.8 cm³/mol. The summed E-state index contributed by atoms with van der Waals surface area (Å²) in [4.78, 5) is 9.20. The summed E-state index contributed by atoms with van der Waals surface area (Å²) in [5, 5.41) is 10.2. The van der Waals surface area contributed by atoms with E-state index in [4.69, 9.17) is 5.26 Å². The van der Waals surface area contributed by atoms with Gasteiger partial charge in [0.05, 0.1) is 17.1 Å². The highest BCUT2D eigenvalue weighted by molar-refractivity contribution is 7.99. The third-order valence-corrected chi connectivity index (χ3v) is 3.75. The van der Waals surface area contributed by atoms with Crippen LogP contribution >= 0.6 is 11.8 Å². The summed E-state index contributed by atoms with van der Waals surface area (Å²) in [7, 11) is 0. The number of aromatic nitrogens is 2. The predicted octanol–water partition coefficient (Wildman–Crippen LogP) is 3.79. The topological polar surface area (TPSA) is 49.6 Å². The largest absolute Gasteiger partial charge is 0.236 e. The van der Waals surface area contributed by atoms with Crippen LogP contribution in [0.25, 0.3) is 10.9 Å². The molecule has 1 aromatic heterocycles. The van der Waals surface area contributed by atoms with Gasteiger partial charge in [-0.25, -0.2) is 14.4 Å². The van der Waals surface area contributed by atoms with Crippen LogP contribution in [0.3, 0.4) is 0 Å². The lowest BCUT2D eigenvalue weighted by molar-refractivity contribution is 0.629. The van der Waals surface area contributed by atoms with Gasteiger partial charge in [0.1, 0.15) is 17.2 Å². The van der Waals surface area contributed by atoms with Crippen LogP contribution in [0.1, 0.15) is 5.56 Å². The van der Waals surface area contributed by atoms with Crippen molar-refractivity contribution in [3.05, 3.63) is 60.2 Å². The van der Waals surface area contributed by atoms with Gasteiger partial charge in [0.2, 0.25) is 0 Å². The third kappa shape index (κ3) is 2.46. The smallest absolute Gasteiger partial charge is 0.124 e. The number of benzene rings is 2. The van der Waals surface area contributed by atoms with Crippen molar-refractivity contribution in [1.29, 1.82) is 5.26 Å². The molecule has 0 aliphatic rings. The van der Waals surface area contributed by atoms with E-state index in [0.29, 0.717) is 21.5 Å². The van der Waals surface area contributed by atoms with E-state index >= 15 is 0 Å². The van der Waals surface area contributed by atoms with Gasteiger partial charge in [0, 0.05) is 10.3 Å². The van der Waals surface area contributed by atoms with Gasteiger partial charge >= 0.3 is 0 Å². The first-order valence-electron chi connectivity index (χ1n) is 5.84. The fourth-order valence-electron chi connectivity index (χ4n) is 1.83. The molecule has 0 saturated carbocycles. The molecule has 0 N–H and O–H groups in total. The van der Waals surface area contributed by atoms with Crippen molar-refractivity contribution >= 4 is 22.7 Å². The molecule has 20 heavy (non-hydrogen) atoms. The highest BCUT2D eigenvalue weighted by Crippen LogP contribution is 2.31. The molecular weight excluding hydrogens is 273 g/mol. The average molecular weight is 281 g/mol. The van der Waals surface area contributed by atoms with Crippen molar-refractivity contribution in [2.24, 2.45) is 0 Å². The number of hydrogen-bond acceptors (Lipinski definition) is 4. The Balaban J connectivity index is 2.06. The van der Waals surface area contributed by atoms with Crippen molar-refractivity contribution in [3.8, 4) is 6.07 Å². The van der Waals surface area contributed by atoms with Gasteiger partial charge in [0.25, 0.3) is 0 Å². The molecule has 0 aliphatic heterocycles. The van der Waals surface area contributed by atoms with Crippen molar-refractivity contribution in [3.63, 3.8) is 0 Å². The summed E-state index contributed by atoms with van der Waals surface area (Å²) in [6.07, 6.45) is 1.46. The van der Waals surface area contributed by atoms with E-state index in [-0.39, 0.29) is 5.82 Å². The Labute approximate surface area is 119 Å². The summed E-state index contributed by atoms with van der Waals surface area (Å²) in [6.45, 7) is 0. The minimum atomic E-state index is -0.320. The van der Waals surface area contributed by atoms with Crippen molar-refractivity contribution in [2.45, 2.75) is 9.92 Å². The number of halogens is 1. The van der Waals surface area contributed by atoms with Crippen LogP contribution in [0.2, 0.25) is 0 Å². The van der Waals surface area contributed by atoms with Crippen LogP contribution in [-0.2, 0) is 0 Å². The highest BCUT2D eigenvalue weighted by Gasteiger charge is 2.07. The number of nitriles is 1. The summed E-state index contributed by atoms with van der Waals surface area (Å²) < 4.78 is 13.4. The molecule has 0 bridgehead atoms. The molecule has 0 aliphatic carbocycles. The van der Waals surface area contributed by atoms with E-state index in [1.54, 1.807) is 18.2 Å². The maximum Gasteiger partial charge on any atom is 0.124 e. The van der Waals surface area contributed by atoms with Gasteiger partial charge in [-0.05, 0) is 36.4 Å². The normalized spacial score (nSPS) is 10.4. The van der Waals surface area contributed by atoms with E-state index in [2.05, 4.69) is 16.0 Å². The van der Waals surface area contributed by atoms with Gasteiger partial charge < -0.3 is 0 Å². The van der Waals surface area contributed by atoms with Crippen LogP contribution in [0, 0.1) is 17.1 Å². The maximum absolute atomic E-state index is 13.4. The van der Waals surface area contributed by atoms with Crippen molar-refractivity contribution in [2.75, 3.05) is 0 Å². The van der Waals surface area contributed by atoms with Gasteiger partial charge in [-0.15, -0.1) is 0 Å². The molecule has 0 fully saturated rings. The van der Waals surface area contributed by atoms with E-state index in [9.17, 15) is 4.39 Å². The first-order chi connectivity index (χ1) is 9.76. The Morgan fingerprint density at radius 3 is 2.85 bits per heavy atom. The molecule has 5 heteroatoms. The molecule has 0 spiro atoms. The van der Waals surface area contributed by atoms with E-state index in [1.807, 2.05) is 12.1 Å². The highest BCUT2D eigenvalue weighted by atomic mass is 32.2. The van der Waals surface area contributed by atoms with Crippen LogP contribution in [0.4, 0.5) is 4.39 Å². The van der Waals surface area contributed by atoms with E-state index in [0.717, 1.165) is 4.90 Å². The molecule has 0 radical (unpaired) electrons. The fourth-order valence-corrected chi connectivity index (χ4v) is 2.76. The van der Waals surface area contributed by atoms with Crippen LogP contribution in [-0.4, -0.2) is 9.97 Å². The summed E-state index contributed by atoms with van der Waals surface area (Å²) >= 11 is 1.39. The Bertz CT molecular complexity index is 827. The number of rotatable bonds is 2. The Hall–Kier alpha value is -2.45. The lowest BCUT2D eigenvalue weighted by Gasteiger charge is -2.05. The maximum atomic E-state index is 13.4. The molecule has 2 aromatic carbocycles. The first kappa shape index (κ1) is 12.6. The zero-order valence-corrected chi connectivity index (χ0v) is 11.1. The molecule has 0 amide bonds. The van der Waals surface area contributed by atoms with Crippen LogP contribution in [0.5, 0.6) is 0 Å². The molecular formula is C15H8FN3S. The van der Waals surface area contributed by atoms with Crippen LogP contribution < -0.4 is 0 Å². The number of hydrogen-bond donors (Lipinski definition) is 0. The molecule has 3 aromatic rings. The standard InChI is InChI=1S/C15H8FN3S/c16-11-4-5-14-13(7-11)15(19-9-18-14)20-12-3-1-2-10(6-12)8-17/h1-7,9H. The van der Waals surface area contributed by atoms with Gasteiger partial charge in [-0.2, -0.15) is 5.26 Å². The van der Waals surface area contributed by atoms with Crippen molar-refractivity contribution < 1.29 is 4.39 Å². The lowest BCUT2D eigenvalue weighted by atomic mass is 10.2. The zero-order chi connectivity index (χ0) is 13.9. The van der Waals surface area contributed by atoms with E-state index < -0.39 is 0 Å². The summed E-state index contributed by atoms with van der Waals surface area (Å²) in [6, 6.07) is 13.7. The van der Waals surface area contributed by atoms with E-state index in [1.165, 1.54) is 30.2 Å². The molecule has 1 heterocycles. The van der Waals surface area contributed by atoms with Crippen molar-refractivity contribution in [1.82, 2.24) is 9.97 Å². The molecule has 3 rings (SSSR count). The molecule has 0 saturated heterocycles. The quantitative estimate of drug-likeness (QED) is 0.670. The Morgan fingerprint density at radius 1 is 1.10 bits per heavy atom. The fraction of sp³-hybridized carbons (Fsp3) is 0. The second-order valence-electron chi connectivity index (χ2n) is 4.08. The molecule has 0 unspecified atom stereocenters. The lowest BCUT2D eigenvalue weighted by Crippen LogP contribution is -1.88. The molecule has 96 valence electrons. The molecule has 3 nitrogen and oxygen atoms in total. The second-order valence-corrected chi connectivity index (χ2v) is 5.14. The SMILES string of the molecule is N#Cc1cccc(Sc2ncnc3ccc(F)cc23)c1. The number of fused-ring (bicyclic) bond motifs is 1. The average Bonchev–Trinajstić information content (AvgIpc) is 2.48. The zero-order valence-electron chi connectivity index (χ0n) is 10.2. The molecule has 0 atom stereocenters. The summed E-state index contributed by atoms with van der Waals surface area (Å²) in [5.74, 6) is -0.320. The minimum absolute atomic E-state index is 0.320.